The lowest BCUT2D eigenvalue weighted by Gasteiger charge is -2.37. The first-order valence-electron chi connectivity index (χ1n) is 9.47. The Morgan fingerprint density at radius 1 is 1.25 bits per heavy atom. The van der Waals surface area contributed by atoms with Crippen LogP contribution in [0.4, 0.5) is 9.18 Å². The molecule has 1 aliphatic rings. The Labute approximate surface area is 167 Å². The van der Waals surface area contributed by atoms with Crippen LogP contribution in [-0.2, 0) is 13.1 Å². The van der Waals surface area contributed by atoms with E-state index in [0.717, 1.165) is 36.8 Å². The summed E-state index contributed by atoms with van der Waals surface area (Å²) in [4.78, 5) is 17.1. The van der Waals surface area contributed by atoms with Crippen molar-refractivity contribution in [2.45, 2.75) is 32.0 Å². The smallest absolute Gasteiger partial charge is 0.318 e. The average molecular weight is 403 g/mol. The second-order valence-corrected chi connectivity index (χ2v) is 8.00. The van der Waals surface area contributed by atoms with Gasteiger partial charge < -0.3 is 20.2 Å². The van der Waals surface area contributed by atoms with E-state index < -0.39 is 0 Å². The normalized spacial score (nSPS) is 15.4. The average Bonchev–Trinajstić information content (AvgIpc) is 2.67. The maximum absolute atomic E-state index is 13.2. The molecule has 2 amide bonds. The summed E-state index contributed by atoms with van der Waals surface area (Å²) in [5, 5.41) is 13.9. The Bertz CT molecular complexity index is 808. The van der Waals surface area contributed by atoms with Crippen LogP contribution in [0.25, 0.3) is 0 Å². The first kappa shape index (κ1) is 20.6. The molecule has 3 rings (SSSR count). The minimum absolute atomic E-state index is 0.129. The van der Waals surface area contributed by atoms with E-state index in [9.17, 15) is 14.3 Å². The molecule has 1 fully saturated rings. The summed E-state index contributed by atoms with van der Waals surface area (Å²) < 4.78 is 13.2. The van der Waals surface area contributed by atoms with Crippen molar-refractivity contribution >= 4 is 20.6 Å². The number of phenols is 1. The molecule has 0 radical (unpaired) electrons. The molecular weight excluding hydrogens is 376 g/mol. The van der Waals surface area contributed by atoms with Crippen molar-refractivity contribution in [2.75, 3.05) is 20.1 Å². The fourth-order valence-corrected chi connectivity index (χ4v) is 3.72. The lowest BCUT2D eigenvalue weighted by molar-refractivity contribution is 0.127. The lowest BCUT2D eigenvalue weighted by atomic mass is 10.0. The third-order valence-corrected chi connectivity index (χ3v) is 5.55. The van der Waals surface area contributed by atoms with Gasteiger partial charge in [-0.3, -0.25) is 0 Å². The van der Waals surface area contributed by atoms with E-state index in [1.54, 1.807) is 24.3 Å². The number of urea groups is 1. The standard InChI is InChI=1S/C21H27FN3O2P/c1-24-10-8-18(9-11-24)25(14-15-2-5-17(22)6-3-15)21(27)23-13-16-4-7-19(28)12-20(16)26/h2-7,12,18,26H,8-11,13-14,28H2,1H3,(H,23,27). The molecule has 2 aromatic rings. The molecule has 150 valence electrons. The zero-order chi connectivity index (χ0) is 20.1. The second kappa shape index (κ2) is 9.35. The van der Waals surface area contributed by atoms with E-state index in [4.69, 9.17) is 0 Å². The van der Waals surface area contributed by atoms with E-state index in [1.807, 2.05) is 11.0 Å². The van der Waals surface area contributed by atoms with Crippen LogP contribution in [0.1, 0.15) is 24.0 Å². The van der Waals surface area contributed by atoms with Gasteiger partial charge in [-0.2, -0.15) is 0 Å². The van der Waals surface area contributed by atoms with Gasteiger partial charge in [0.25, 0.3) is 0 Å². The minimum atomic E-state index is -0.285. The van der Waals surface area contributed by atoms with Gasteiger partial charge in [0.1, 0.15) is 11.6 Å². The van der Waals surface area contributed by atoms with Gasteiger partial charge in [0, 0.05) is 24.7 Å². The number of hydrogen-bond acceptors (Lipinski definition) is 3. The van der Waals surface area contributed by atoms with Crippen LogP contribution in [-0.4, -0.2) is 47.1 Å². The fourth-order valence-electron chi connectivity index (χ4n) is 3.46. The van der Waals surface area contributed by atoms with Gasteiger partial charge in [-0.1, -0.05) is 24.3 Å². The highest BCUT2D eigenvalue weighted by Crippen LogP contribution is 2.20. The van der Waals surface area contributed by atoms with Crippen LogP contribution in [0.5, 0.6) is 5.75 Å². The molecule has 1 atom stereocenters. The maximum atomic E-state index is 13.2. The first-order valence-corrected chi connectivity index (χ1v) is 10.0. The first-order chi connectivity index (χ1) is 13.4. The van der Waals surface area contributed by atoms with Crippen LogP contribution in [0.3, 0.4) is 0 Å². The van der Waals surface area contributed by atoms with E-state index in [0.29, 0.717) is 12.1 Å². The number of carbonyl (C=O) groups is 1. The molecule has 2 N–H and O–H groups in total. The third kappa shape index (κ3) is 5.43. The van der Waals surface area contributed by atoms with E-state index in [1.165, 1.54) is 12.1 Å². The zero-order valence-corrected chi connectivity index (χ0v) is 17.2. The number of hydrogen-bond donors (Lipinski definition) is 2. The van der Waals surface area contributed by atoms with Crippen LogP contribution in [0, 0.1) is 5.82 Å². The Morgan fingerprint density at radius 3 is 2.57 bits per heavy atom. The van der Waals surface area contributed by atoms with Gasteiger partial charge in [0.15, 0.2) is 0 Å². The van der Waals surface area contributed by atoms with Gasteiger partial charge in [0.05, 0.1) is 0 Å². The molecule has 7 heteroatoms. The monoisotopic (exact) mass is 403 g/mol. The summed E-state index contributed by atoms with van der Waals surface area (Å²) in [5.74, 6) is -0.121. The highest BCUT2D eigenvalue weighted by Gasteiger charge is 2.27. The van der Waals surface area contributed by atoms with E-state index >= 15 is 0 Å². The molecule has 0 aromatic heterocycles. The summed E-state index contributed by atoms with van der Waals surface area (Å²) in [6.45, 7) is 2.56. The molecule has 1 unspecified atom stereocenters. The molecule has 1 saturated heterocycles. The summed E-state index contributed by atoms with van der Waals surface area (Å²) in [7, 11) is 4.62. The zero-order valence-electron chi connectivity index (χ0n) is 16.1. The molecule has 2 aromatic carbocycles. The SMILES string of the molecule is CN1CCC(N(Cc2ccc(F)cc2)C(=O)NCc2ccc(P)cc2O)CC1. The third-order valence-electron chi connectivity index (χ3n) is 5.20. The number of piperidine rings is 1. The number of aromatic hydroxyl groups is 1. The fraction of sp³-hybridized carbons (Fsp3) is 0.381. The van der Waals surface area contributed by atoms with Gasteiger partial charge in [-0.25, -0.2) is 9.18 Å². The number of rotatable bonds is 5. The Balaban J connectivity index is 1.71. The number of likely N-dealkylation sites (tertiary alicyclic amines) is 1. The number of nitrogens with one attached hydrogen (secondary N) is 1. The molecule has 1 heterocycles. The van der Waals surface area contributed by atoms with E-state index in [-0.39, 0.29) is 30.2 Å². The number of carbonyl (C=O) groups excluding carboxylic acids is 1. The van der Waals surface area contributed by atoms with Crippen LogP contribution >= 0.6 is 9.24 Å². The Morgan fingerprint density at radius 2 is 1.93 bits per heavy atom. The molecule has 5 nitrogen and oxygen atoms in total. The Kier molecular flexibility index (Phi) is 6.87. The van der Waals surface area contributed by atoms with Crippen molar-refractivity contribution in [2.24, 2.45) is 0 Å². The van der Waals surface area contributed by atoms with Gasteiger partial charge in [0.2, 0.25) is 0 Å². The summed E-state index contributed by atoms with van der Waals surface area (Å²) in [6.07, 6.45) is 1.80. The maximum Gasteiger partial charge on any atom is 0.318 e. The van der Waals surface area contributed by atoms with Crippen molar-refractivity contribution in [1.29, 1.82) is 0 Å². The number of nitrogens with zero attached hydrogens (tertiary/aromatic N) is 2. The number of halogens is 1. The quantitative estimate of drug-likeness (QED) is 0.755. The Hall–Kier alpha value is -2.17. The lowest BCUT2D eigenvalue weighted by Crippen LogP contribution is -2.49. The molecule has 0 saturated carbocycles. The molecule has 0 bridgehead atoms. The molecule has 0 spiro atoms. The van der Waals surface area contributed by atoms with Crippen LogP contribution in [0.2, 0.25) is 0 Å². The van der Waals surface area contributed by atoms with Gasteiger partial charge in [-0.15, -0.1) is 9.24 Å². The van der Waals surface area contributed by atoms with Crippen LogP contribution < -0.4 is 10.6 Å². The summed E-state index contributed by atoms with van der Waals surface area (Å²) >= 11 is 0. The second-order valence-electron chi connectivity index (χ2n) is 7.34. The topological polar surface area (TPSA) is 55.8 Å². The summed E-state index contributed by atoms with van der Waals surface area (Å²) in [5.41, 5.74) is 1.57. The minimum Gasteiger partial charge on any atom is -0.508 e. The van der Waals surface area contributed by atoms with Crippen molar-refractivity contribution in [3.8, 4) is 5.75 Å². The number of benzene rings is 2. The molecule has 0 aliphatic carbocycles. The molecular formula is C21H27FN3O2P. The molecule has 28 heavy (non-hydrogen) atoms. The predicted molar refractivity (Wildman–Crippen MR) is 112 cm³/mol. The van der Waals surface area contributed by atoms with E-state index in [2.05, 4.69) is 26.5 Å². The predicted octanol–water partition coefficient (Wildman–Crippen LogP) is 2.84. The number of amides is 2. The van der Waals surface area contributed by atoms with Crippen molar-refractivity contribution < 1.29 is 14.3 Å². The van der Waals surface area contributed by atoms with Crippen molar-refractivity contribution in [1.82, 2.24) is 15.1 Å². The molecule has 1 aliphatic heterocycles. The largest absolute Gasteiger partial charge is 0.508 e. The number of phenolic OH excluding ortho intramolecular Hbond substituents is 1. The van der Waals surface area contributed by atoms with Crippen molar-refractivity contribution in [3.05, 3.63) is 59.4 Å². The highest BCUT2D eigenvalue weighted by molar-refractivity contribution is 7.27. The van der Waals surface area contributed by atoms with Crippen LogP contribution in [0.15, 0.2) is 42.5 Å². The summed E-state index contributed by atoms with van der Waals surface area (Å²) in [6, 6.07) is 11.6. The van der Waals surface area contributed by atoms with Gasteiger partial charge >= 0.3 is 6.03 Å². The van der Waals surface area contributed by atoms with Crippen molar-refractivity contribution in [3.63, 3.8) is 0 Å². The highest BCUT2D eigenvalue weighted by atomic mass is 31.0. The van der Waals surface area contributed by atoms with Gasteiger partial charge in [-0.05, 0) is 62.0 Å².